The number of piperazine rings is 1. The monoisotopic (exact) mass is 249 g/mol. The fourth-order valence-electron chi connectivity index (χ4n) is 1.99. The summed E-state index contributed by atoms with van der Waals surface area (Å²) < 4.78 is 1.83. The van der Waals surface area contributed by atoms with Gasteiger partial charge < -0.3 is 9.47 Å². The van der Waals surface area contributed by atoms with E-state index in [1.165, 1.54) is 4.90 Å². The molecule has 1 aliphatic heterocycles. The normalized spacial score (nSPS) is 15.7. The van der Waals surface area contributed by atoms with Gasteiger partial charge in [-0.05, 0) is 18.6 Å². The Balaban J connectivity index is 2.17. The van der Waals surface area contributed by atoms with E-state index in [-0.39, 0.29) is 19.0 Å². The van der Waals surface area contributed by atoms with Gasteiger partial charge >= 0.3 is 0 Å². The summed E-state index contributed by atoms with van der Waals surface area (Å²) in [7, 11) is 0. The van der Waals surface area contributed by atoms with Crippen LogP contribution in [0.4, 0.5) is 0 Å². The summed E-state index contributed by atoms with van der Waals surface area (Å²) in [4.78, 5) is 36.0. The minimum atomic E-state index is -0.437. The van der Waals surface area contributed by atoms with E-state index < -0.39 is 11.8 Å². The summed E-state index contributed by atoms with van der Waals surface area (Å²) >= 11 is 0. The first-order valence-corrected chi connectivity index (χ1v) is 5.89. The van der Waals surface area contributed by atoms with E-state index in [1.54, 1.807) is 12.1 Å². The standard InChI is InChI=1S/C12H15N3O3/c1-2-5-14-6-3-4-9(14)12(18)15-7-10(16)13-11(17)8-15/h3-4,6H,2,5,7-8H2,1H3,(H,13,16,17). The smallest absolute Gasteiger partial charge is 0.271 e. The number of carbonyl (C=O) groups is 3. The first-order chi connectivity index (χ1) is 8.61. The van der Waals surface area contributed by atoms with Gasteiger partial charge in [0.2, 0.25) is 11.8 Å². The van der Waals surface area contributed by atoms with E-state index in [0.717, 1.165) is 13.0 Å². The Morgan fingerprint density at radius 3 is 2.61 bits per heavy atom. The topological polar surface area (TPSA) is 71.4 Å². The number of aromatic nitrogens is 1. The fourth-order valence-corrected chi connectivity index (χ4v) is 1.99. The number of nitrogens with one attached hydrogen (secondary N) is 1. The Labute approximate surface area is 105 Å². The average molecular weight is 249 g/mol. The van der Waals surface area contributed by atoms with E-state index in [1.807, 2.05) is 17.7 Å². The molecular weight excluding hydrogens is 234 g/mol. The molecule has 0 aliphatic carbocycles. The molecule has 1 aliphatic rings. The van der Waals surface area contributed by atoms with E-state index in [9.17, 15) is 14.4 Å². The quantitative estimate of drug-likeness (QED) is 0.766. The third-order valence-electron chi connectivity index (χ3n) is 2.75. The van der Waals surface area contributed by atoms with E-state index >= 15 is 0 Å². The molecule has 0 radical (unpaired) electrons. The van der Waals surface area contributed by atoms with Crippen LogP contribution in [-0.4, -0.2) is 40.3 Å². The molecule has 2 rings (SSSR count). The van der Waals surface area contributed by atoms with E-state index in [4.69, 9.17) is 0 Å². The highest BCUT2D eigenvalue weighted by Crippen LogP contribution is 2.09. The molecule has 0 atom stereocenters. The van der Waals surface area contributed by atoms with Crippen LogP contribution in [0, 0.1) is 0 Å². The Morgan fingerprint density at radius 2 is 2.00 bits per heavy atom. The van der Waals surface area contributed by atoms with Crippen molar-refractivity contribution in [2.24, 2.45) is 0 Å². The van der Waals surface area contributed by atoms with Crippen molar-refractivity contribution in [1.82, 2.24) is 14.8 Å². The van der Waals surface area contributed by atoms with Gasteiger partial charge in [0.25, 0.3) is 5.91 Å². The van der Waals surface area contributed by atoms with Crippen LogP contribution in [0.15, 0.2) is 18.3 Å². The predicted octanol–water partition coefficient (Wildman–Crippen LogP) is -0.00330. The molecule has 1 aromatic rings. The zero-order valence-corrected chi connectivity index (χ0v) is 10.2. The van der Waals surface area contributed by atoms with Crippen molar-refractivity contribution in [3.63, 3.8) is 0 Å². The third-order valence-corrected chi connectivity index (χ3v) is 2.75. The number of rotatable bonds is 3. The first-order valence-electron chi connectivity index (χ1n) is 5.89. The number of carbonyl (C=O) groups excluding carboxylic acids is 3. The predicted molar refractivity (Wildman–Crippen MR) is 63.8 cm³/mol. The van der Waals surface area contributed by atoms with Gasteiger partial charge in [-0.2, -0.15) is 0 Å². The van der Waals surface area contributed by atoms with Crippen molar-refractivity contribution in [2.75, 3.05) is 13.1 Å². The third kappa shape index (κ3) is 2.42. The lowest BCUT2D eigenvalue weighted by atomic mass is 10.3. The number of hydrogen-bond donors (Lipinski definition) is 1. The highest BCUT2D eigenvalue weighted by Gasteiger charge is 2.28. The molecule has 1 N–H and O–H groups in total. The molecule has 3 amide bonds. The highest BCUT2D eigenvalue weighted by molar-refractivity contribution is 6.05. The lowest BCUT2D eigenvalue weighted by Crippen LogP contribution is -2.53. The average Bonchev–Trinajstić information content (AvgIpc) is 2.75. The summed E-state index contributed by atoms with van der Waals surface area (Å²) in [6.45, 7) is 2.62. The number of hydrogen-bond acceptors (Lipinski definition) is 3. The van der Waals surface area contributed by atoms with Crippen LogP contribution in [-0.2, 0) is 16.1 Å². The first kappa shape index (κ1) is 12.3. The second-order valence-corrected chi connectivity index (χ2v) is 4.22. The van der Waals surface area contributed by atoms with Crippen LogP contribution in [0.1, 0.15) is 23.8 Å². The largest absolute Gasteiger partial charge is 0.344 e. The van der Waals surface area contributed by atoms with Gasteiger partial charge in [0.15, 0.2) is 0 Å². The molecule has 18 heavy (non-hydrogen) atoms. The summed E-state index contributed by atoms with van der Waals surface area (Å²) in [6, 6.07) is 3.49. The van der Waals surface area contributed by atoms with Crippen molar-refractivity contribution >= 4 is 17.7 Å². The van der Waals surface area contributed by atoms with Crippen molar-refractivity contribution in [2.45, 2.75) is 19.9 Å². The molecule has 1 aromatic heterocycles. The Hall–Kier alpha value is -2.11. The van der Waals surface area contributed by atoms with Gasteiger partial charge in [-0.1, -0.05) is 6.92 Å². The summed E-state index contributed by atoms with van der Waals surface area (Å²) in [5, 5.41) is 2.17. The molecule has 1 saturated heterocycles. The number of aryl methyl sites for hydroxylation is 1. The summed E-state index contributed by atoms with van der Waals surface area (Å²) in [5.74, 6) is -1.15. The van der Waals surface area contributed by atoms with Gasteiger partial charge in [-0.3, -0.25) is 19.7 Å². The molecule has 6 heteroatoms. The van der Waals surface area contributed by atoms with Crippen LogP contribution in [0.5, 0.6) is 0 Å². The molecule has 1 fully saturated rings. The van der Waals surface area contributed by atoms with Gasteiger partial charge in [-0.25, -0.2) is 0 Å². The highest BCUT2D eigenvalue weighted by atomic mass is 16.2. The SMILES string of the molecule is CCCn1cccc1C(=O)N1CC(=O)NC(=O)C1. The molecule has 2 heterocycles. The maximum Gasteiger partial charge on any atom is 0.271 e. The van der Waals surface area contributed by atoms with Crippen molar-refractivity contribution in [3.8, 4) is 0 Å². The summed E-state index contributed by atoms with van der Waals surface area (Å²) in [6.07, 6.45) is 2.73. The second kappa shape index (κ2) is 5.03. The maximum atomic E-state index is 12.2. The lowest BCUT2D eigenvalue weighted by molar-refractivity contribution is -0.135. The molecule has 6 nitrogen and oxygen atoms in total. The number of amides is 3. The molecule has 0 spiro atoms. The molecular formula is C12H15N3O3. The molecule has 0 unspecified atom stereocenters. The molecule has 96 valence electrons. The Kier molecular flexibility index (Phi) is 3.45. The second-order valence-electron chi connectivity index (χ2n) is 4.22. The van der Waals surface area contributed by atoms with Crippen LogP contribution < -0.4 is 5.32 Å². The molecule has 0 saturated carbocycles. The van der Waals surface area contributed by atoms with Crippen LogP contribution in [0.25, 0.3) is 0 Å². The van der Waals surface area contributed by atoms with Crippen molar-refractivity contribution < 1.29 is 14.4 Å². The van der Waals surface area contributed by atoms with Crippen LogP contribution in [0.2, 0.25) is 0 Å². The van der Waals surface area contributed by atoms with Gasteiger partial charge in [0.05, 0.1) is 0 Å². The Morgan fingerprint density at radius 1 is 1.33 bits per heavy atom. The van der Waals surface area contributed by atoms with E-state index in [2.05, 4.69) is 5.32 Å². The zero-order valence-electron chi connectivity index (χ0n) is 10.2. The van der Waals surface area contributed by atoms with E-state index in [0.29, 0.717) is 5.69 Å². The van der Waals surface area contributed by atoms with Crippen LogP contribution >= 0.6 is 0 Å². The number of imide groups is 1. The minimum Gasteiger partial charge on any atom is -0.344 e. The Bertz CT molecular complexity index is 477. The minimum absolute atomic E-state index is 0.0676. The van der Waals surface area contributed by atoms with Crippen LogP contribution in [0.3, 0.4) is 0 Å². The lowest BCUT2D eigenvalue weighted by Gasteiger charge is -2.25. The molecule has 0 bridgehead atoms. The molecule has 0 aromatic carbocycles. The van der Waals surface area contributed by atoms with Gasteiger partial charge in [0, 0.05) is 12.7 Å². The van der Waals surface area contributed by atoms with Gasteiger partial charge in [0.1, 0.15) is 18.8 Å². The fraction of sp³-hybridized carbons (Fsp3) is 0.417. The zero-order chi connectivity index (χ0) is 13.1. The maximum absolute atomic E-state index is 12.2. The van der Waals surface area contributed by atoms with Gasteiger partial charge in [-0.15, -0.1) is 0 Å². The summed E-state index contributed by atoms with van der Waals surface area (Å²) in [5.41, 5.74) is 0.513. The number of nitrogens with zero attached hydrogens (tertiary/aromatic N) is 2. The van der Waals surface area contributed by atoms with Crippen molar-refractivity contribution in [1.29, 1.82) is 0 Å². The van der Waals surface area contributed by atoms with Crippen molar-refractivity contribution in [3.05, 3.63) is 24.0 Å².